The zero-order valence-electron chi connectivity index (χ0n) is 21.3. The van der Waals surface area contributed by atoms with Gasteiger partial charge in [-0.05, 0) is 62.3 Å². The van der Waals surface area contributed by atoms with Gasteiger partial charge in [-0.25, -0.2) is 4.98 Å². The van der Waals surface area contributed by atoms with Gasteiger partial charge in [-0.3, -0.25) is 10.1 Å². The SMILES string of the molecule is CCN(CCNC)c1nc(Nc2ncc(-c3ccccc3)s2)nc(Sc2cccc(NC(=O)C3CC3)c2)n1. The molecule has 5 rings (SSSR count). The Kier molecular flexibility index (Phi) is 8.47. The van der Waals surface area contributed by atoms with Crippen LogP contribution >= 0.6 is 23.1 Å². The van der Waals surface area contributed by atoms with Gasteiger partial charge in [0.25, 0.3) is 0 Å². The molecule has 2 heterocycles. The lowest BCUT2D eigenvalue weighted by Crippen LogP contribution is -2.32. The highest BCUT2D eigenvalue weighted by Gasteiger charge is 2.29. The third-order valence-electron chi connectivity index (χ3n) is 5.94. The number of rotatable bonds is 12. The predicted octanol–water partition coefficient (Wildman–Crippen LogP) is 5.28. The lowest BCUT2D eigenvalue weighted by atomic mass is 10.2. The molecule has 1 aliphatic carbocycles. The van der Waals surface area contributed by atoms with Crippen molar-refractivity contribution in [1.82, 2.24) is 25.3 Å². The molecule has 2 aromatic carbocycles. The summed E-state index contributed by atoms with van der Waals surface area (Å²) in [6.07, 6.45) is 3.79. The third-order valence-corrected chi connectivity index (χ3v) is 7.76. The minimum absolute atomic E-state index is 0.0857. The van der Waals surface area contributed by atoms with Crippen LogP contribution in [0.3, 0.4) is 0 Å². The summed E-state index contributed by atoms with van der Waals surface area (Å²) in [5.74, 6) is 1.27. The van der Waals surface area contributed by atoms with Crippen LogP contribution in [0.15, 0.2) is 70.8 Å². The molecule has 0 atom stereocenters. The first kappa shape index (κ1) is 26.1. The van der Waals surface area contributed by atoms with Crippen LogP contribution in [0.1, 0.15) is 19.8 Å². The van der Waals surface area contributed by atoms with E-state index in [0.29, 0.717) is 22.2 Å². The van der Waals surface area contributed by atoms with Crippen molar-refractivity contribution in [2.75, 3.05) is 42.2 Å². The number of nitrogens with one attached hydrogen (secondary N) is 3. The van der Waals surface area contributed by atoms with Crippen molar-refractivity contribution in [1.29, 1.82) is 0 Å². The Hall–Kier alpha value is -3.54. The number of amides is 1. The molecule has 0 bridgehead atoms. The van der Waals surface area contributed by atoms with Crippen molar-refractivity contribution in [2.24, 2.45) is 5.92 Å². The van der Waals surface area contributed by atoms with E-state index in [9.17, 15) is 4.79 Å². The minimum atomic E-state index is 0.0857. The number of carbonyl (C=O) groups excluding carboxylic acids is 1. The van der Waals surface area contributed by atoms with E-state index < -0.39 is 0 Å². The summed E-state index contributed by atoms with van der Waals surface area (Å²) in [6, 6.07) is 17.9. The van der Waals surface area contributed by atoms with Crippen LogP contribution in [0, 0.1) is 5.92 Å². The summed E-state index contributed by atoms with van der Waals surface area (Å²) >= 11 is 2.98. The topological polar surface area (TPSA) is 108 Å². The number of aromatic nitrogens is 4. The van der Waals surface area contributed by atoms with E-state index in [2.05, 4.69) is 44.9 Å². The van der Waals surface area contributed by atoms with Crippen LogP contribution in [-0.4, -0.2) is 52.5 Å². The van der Waals surface area contributed by atoms with Crippen LogP contribution in [0.25, 0.3) is 10.4 Å². The Balaban J connectivity index is 1.39. The van der Waals surface area contributed by atoms with Gasteiger partial charge in [0, 0.05) is 42.3 Å². The molecule has 4 aromatic rings. The smallest absolute Gasteiger partial charge is 0.234 e. The Labute approximate surface area is 230 Å². The van der Waals surface area contributed by atoms with Gasteiger partial charge >= 0.3 is 0 Å². The first-order valence-corrected chi connectivity index (χ1v) is 14.3. The summed E-state index contributed by atoms with van der Waals surface area (Å²) < 4.78 is 0. The number of benzene rings is 2. The molecule has 1 amide bonds. The summed E-state index contributed by atoms with van der Waals surface area (Å²) in [6.45, 7) is 4.41. The van der Waals surface area contributed by atoms with E-state index in [1.165, 1.54) is 11.8 Å². The second-order valence-corrected chi connectivity index (χ2v) is 10.9. The molecule has 0 aliphatic heterocycles. The molecule has 9 nitrogen and oxygen atoms in total. The van der Waals surface area contributed by atoms with Crippen LogP contribution in [0.5, 0.6) is 0 Å². The fourth-order valence-corrected chi connectivity index (χ4v) is 5.35. The van der Waals surface area contributed by atoms with Gasteiger partial charge in [-0.15, -0.1) is 0 Å². The maximum atomic E-state index is 12.2. The monoisotopic (exact) mass is 546 g/mol. The molecule has 38 heavy (non-hydrogen) atoms. The molecule has 1 saturated carbocycles. The molecule has 1 aliphatic rings. The lowest BCUT2D eigenvalue weighted by Gasteiger charge is -2.21. The fourth-order valence-electron chi connectivity index (χ4n) is 3.73. The molecular formula is C27H30N8OS2. The number of likely N-dealkylation sites (N-methyl/N-ethyl adjacent to an activating group) is 2. The van der Waals surface area contributed by atoms with Crippen LogP contribution < -0.4 is 20.9 Å². The Morgan fingerprint density at radius 1 is 1.11 bits per heavy atom. The molecule has 0 spiro atoms. The highest BCUT2D eigenvalue weighted by Crippen LogP contribution is 2.33. The molecule has 11 heteroatoms. The van der Waals surface area contributed by atoms with Crippen LogP contribution in [-0.2, 0) is 4.79 Å². The molecule has 1 fully saturated rings. The van der Waals surface area contributed by atoms with Crippen molar-refractivity contribution in [3.8, 4) is 10.4 Å². The van der Waals surface area contributed by atoms with E-state index in [1.54, 1.807) is 11.3 Å². The average Bonchev–Trinajstić information content (AvgIpc) is 3.69. The van der Waals surface area contributed by atoms with Gasteiger partial charge in [0.2, 0.25) is 17.8 Å². The second-order valence-electron chi connectivity index (χ2n) is 8.84. The maximum absolute atomic E-state index is 12.2. The van der Waals surface area contributed by atoms with E-state index in [0.717, 1.165) is 53.5 Å². The van der Waals surface area contributed by atoms with Crippen molar-refractivity contribution in [2.45, 2.75) is 29.8 Å². The van der Waals surface area contributed by atoms with Gasteiger partial charge in [0.1, 0.15) is 0 Å². The molecule has 2 aromatic heterocycles. The van der Waals surface area contributed by atoms with Crippen LogP contribution in [0.2, 0.25) is 0 Å². The molecule has 0 saturated heterocycles. The van der Waals surface area contributed by atoms with Crippen molar-refractivity contribution < 1.29 is 4.79 Å². The zero-order valence-corrected chi connectivity index (χ0v) is 23.0. The Morgan fingerprint density at radius 2 is 1.95 bits per heavy atom. The molecule has 196 valence electrons. The van der Waals surface area contributed by atoms with Gasteiger partial charge in [0.05, 0.1) is 4.88 Å². The maximum Gasteiger partial charge on any atom is 0.234 e. The number of nitrogens with zero attached hydrogens (tertiary/aromatic N) is 5. The largest absolute Gasteiger partial charge is 0.340 e. The molecular weight excluding hydrogens is 516 g/mol. The van der Waals surface area contributed by atoms with E-state index in [-0.39, 0.29) is 11.8 Å². The van der Waals surface area contributed by atoms with Gasteiger partial charge in [-0.2, -0.15) is 15.0 Å². The normalized spacial score (nSPS) is 12.8. The van der Waals surface area contributed by atoms with Crippen molar-refractivity contribution in [3.63, 3.8) is 0 Å². The second kappa shape index (κ2) is 12.3. The quantitative estimate of drug-likeness (QED) is 0.219. The summed E-state index contributed by atoms with van der Waals surface area (Å²) in [5.41, 5.74) is 1.89. The van der Waals surface area contributed by atoms with Gasteiger partial charge in [-0.1, -0.05) is 47.7 Å². The van der Waals surface area contributed by atoms with Crippen molar-refractivity contribution in [3.05, 3.63) is 60.8 Å². The highest BCUT2D eigenvalue weighted by molar-refractivity contribution is 7.99. The number of anilines is 4. The van der Waals surface area contributed by atoms with E-state index in [4.69, 9.17) is 15.0 Å². The number of hydrogen-bond acceptors (Lipinski definition) is 10. The zero-order chi connectivity index (χ0) is 26.3. The molecule has 3 N–H and O–H groups in total. The van der Waals surface area contributed by atoms with Gasteiger partial charge in [0.15, 0.2) is 10.3 Å². The fraction of sp³-hybridized carbons (Fsp3) is 0.296. The van der Waals surface area contributed by atoms with Crippen molar-refractivity contribution >= 4 is 51.7 Å². The first-order valence-electron chi connectivity index (χ1n) is 12.6. The average molecular weight is 547 g/mol. The van der Waals surface area contributed by atoms with E-state index >= 15 is 0 Å². The summed E-state index contributed by atoms with van der Waals surface area (Å²) in [5, 5.41) is 10.8. The predicted molar refractivity (Wildman–Crippen MR) is 154 cm³/mol. The molecule has 0 radical (unpaired) electrons. The standard InChI is InChI=1S/C27H30N8OS2/c1-3-35(15-14-28-2)25-31-24(32-26-29-17-22(38-26)18-8-5-4-6-9-18)33-27(34-25)37-21-11-7-10-20(16-21)30-23(36)19-12-13-19/h4-11,16-17,19,28H,3,12-15H2,1-2H3,(H,30,36)(H,29,31,32,33,34). The van der Waals surface area contributed by atoms with Crippen LogP contribution in [0.4, 0.5) is 22.7 Å². The van der Waals surface area contributed by atoms with Gasteiger partial charge < -0.3 is 15.5 Å². The summed E-state index contributed by atoms with van der Waals surface area (Å²) in [4.78, 5) is 35.1. The highest BCUT2D eigenvalue weighted by atomic mass is 32.2. The Morgan fingerprint density at radius 3 is 2.71 bits per heavy atom. The number of carbonyl (C=O) groups is 1. The van der Waals surface area contributed by atoms with E-state index in [1.807, 2.05) is 55.7 Å². The summed E-state index contributed by atoms with van der Waals surface area (Å²) in [7, 11) is 1.93. The lowest BCUT2D eigenvalue weighted by molar-refractivity contribution is -0.117. The first-order chi connectivity index (χ1) is 18.6. The number of thiazole rings is 1. The minimum Gasteiger partial charge on any atom is -0.340 e. The molecule has 0 unspecified atom stereocenters. The third kappa shape index (κ3) is 6.85. The Bertz CT molecular complexity index is 1380. The number of hydrogen-bond donors (Lipinski definition) is 3.